The second kappa shape index (κ2) is 3.02. The highest BCUT2D eigenvalue weighted by Gasteiger charge is 2.29. The van der Waals surface area contributed by atoms with Crippen molar-refractivity contribution >= 4 is 5.78 Å². The third-order valence-electron chi connectivity index (χ3n) is 2.90. The number of ketones is 1. The Hall–Kier alpha value is -0.630. The smallest absolute Gasteiger partial charge is 0.157 e. The van der Waals surface area contributed by atoms with Crippen molar-refractivity contribution in [2.75, 3.05) is 0 Å². The molecule has 0 spiro atoms. The van der Waals surface area contributed by atoms with E-state index in [1.807, 2.05) is 0 Å². The zero-order chi connectivity index (χ0) is 8.55. The number of carbonyl (C=O) groups is 1. The van der Waals surface area contributed by atoms with Crippen molar-refractivity contribution in [2.24, 2.45) is 0 Å². The van der Waals surface area contributed by atoms with E-state index < -0.39 is 0 Å². The number of carbonyl (C=O) groups excluding carboxylic acids is 1. The number of allylic oxidation sites excluding steroid dienone is 1. The first-order valence-electron chi connectivity index (χ1n) is 4.74. The first-order valence-corrected chi connectivity index (χ1v) is 4.74. The minimum atomic E-state index is 0.245. The Bertz CT molecular complexity index is 232. The van der Waals surface area contributed by atoms with Gasteiger partial charge < -0.3 is 5.32 Å². The van der Waals surface area contributed by atoms with Gasteiger partial charge in [-0.25, -0.2) is 0 Å². The van der Waals surface area contributed by atoms with Gasteiger partial charge in [0, 0.05) is 17.7 Å². The van der Waals surface area contributed by atoms with E-state index in [-0.39, 0.29) is 5.78 Å². The molecule has 0 aromatic heterocycles. The lowest BCUT2D eigenvalue weighted by molar-refractivity contribution is -0.113. The van der Waals surface area contributed by atoms with Gasteiger partial charge in [0.15, 0.2) is 5.78 Å². The van der Waals surface area contributed by atoms with Gasteiger partial charge in [-0.15, -0.1) is 0 Å². The molecule has 2 heteroatoms. The summed E-state index contributed by atoms with van der Waals surface area (Å²) in [6.07, 6.45) is 6.79. The predicted octanol–water partition coefficient (Wildman–Crippen LogP) is 1.42. The van der Waals surface area contributed by atoms with Gasteiger partial charge in [0.25, 0.3) is 0 Å². The van der Waals surface area contributed by atoms with Crippen LogP contribution in [-0.2, 0) is 4.79 Å². The van der Waals surface area contributed by atoms with Crippen molar-refractivity contribution in [3.63, 3.8) is 0 Å². The molecule has 2 nitrogen and oxygen atoms in total. The summed E-state index contributed by atoms with van der Waals surface area (Å²) in [4.78, 5) is 11.2. The lowest BCUT2D eigenvalue weighted by Crippen LogP contribution is -2.30. The summed E-state index contributed by atoms with van der Waals surface area (Å²) < 4.78 is 0. The van der Waals surface area contributed by atoms with E-state index in [1.165, 1.54) is 12.8 Å². The van der Waals surface area contributed by atoms with Crippen molar-refractivity contribution in [3.05, 3.63) is 11.6 Å². The lowest BCUT2D eigenvalue weighted by atomic mass is 9.98. The predicted molar refractivity (Wildman–Crippen MR) is 47.9 cm³/mol. The lowest BCUT2D eigenvalue weighted by Gasteiger charge is -2.11. The second-order valence-electron chi connectivity index (χ2n) is 3.79. The molecule has 0 amide bonds. The molecule has 1 N–H and O–H groups in total. The molecule has 1 saturated heterocycles. The summed E-state index contributed by atoms with van der Waals surface area (Å²) in [5.74, 6) is 0.245. The van der Waals surface area contributed by atoms with Crippen LogP contribution in [0.15, 0.2) is 11.6 Å². The average Bonchev–Trinajstić information content (AvgIpc) is 2.30. The Balaban J connectivity index is 2.20. The van der Waals surface area contributed by atoms with E-state index in [9.17, 15) is 4.79 Å². The number of fused-ring (bicyclic) bond motifs is 2. The third-order valence-corrected chi connectivity index (χ3v) is 2.90. The number of hydrogen-bond acceptors (Lipinski definition) is 2. The fraction of sp³-hybridized carbons (Fsp3) is 0.700. The summed E-state index contributed by atoms with van der Waals surface area (Å²) >= 11 is 0. The molecule has 0 aliphatic carbocycles. The van der Waals surface area contributed by atoms with Gasteiger partial charge in [-0.3, -0.25) is 4.79 Å². The van der Waals surface area contributed by atoms with Crippen LogP contribution in [0.25, 0.3) is 0 Å². The molecule has 12 heavy (non-hydrogen) atoms. The summed E-state index contributed by atoms with van der Waals surface area (Å²) in [7, 11) is 0. The molecule has 2 aliphatic heterocycles. The second-order valence-corrected chi connectivity index (χ2v) is 3.79. The molecule has 0 aromatic carbocycles. The molecule has 66 valence electrons. The molecule has 2 rings (SSSR count). The fourth-order valence-electron chi connectivity index (χ4n) is 2.26. The fourth-order valence-corrected chi connectivity index (χ4v) is 2.26. The van der Waals surface area contributed by atoms with Crippen LogP contribution in [0.2, 0.25) is 0 Å². The Morgan fingerprint density at radius 2 is 2.33 bits per heavy atom. The van der Waals surface area contributed by atoms with Gasteiger partial charge in [-0.1, -0.05) is 6.08 Å². The maximum absolute atomic E-state index is 11.2. The quantitative estimate of drug-likeness (QED) is 0.636. The van der Waals surface area contributed by atoms with Gasteiger partial charge in [0.1, 0.15) is 0 Å². The monoisotopic (exact) mass is 165 g/mol. The molecule has 2 aliphatic rings. The standard InChI is InChI=1S/C10H15NO/c1-7(12)9-4-2-3-8-5-6-10(9)11-8/h4,8,10-11H,2-3,5-6H2,1H3/t8?,10-/m1/s1. The molecule has 1 unspecified atom stereocenters. The molecule has 2 atom stereocenters. The normalized spacial score (nSPS) is 34.2. The van der Waals surface area contributed by atoms with Crippen LogP contribution in [0.5, 0.6) is 0 Å². The molecule has 0 aromatic rings. The van der Waals surface area contributed by atoms with Crippen molar-refractivity contribution in [1.82, 2.24) is 5.32 Å². The number of hydrogen-bond donors (Lipinski definition) is 1. The summed E-state index contributed by atoms with van der Waals surface area (Å²) in [5, 5.41) is 3.50. The Morgan fingerprint density at radius 1 is 1.50 bits per heavy atom. The summed E-state index contributed by atoms with van der Waals surface area (Å²) in [6.45, 7) is 1.67. The van der Waals surface area contributed by atoms with Gasteiger partial charge in [-0.05, 0) is 32.6 Å². The van der Waals surface area contributed by atoms with Crippen LogP contribution in [0.4, 0.5) is 0 Å². The van der Waals surface area contributed by atoms with Crippen molar-refractivity contribution in [1.29, 1.82) is 0 Å². The molecule has 1 fully saturated rings. The number of nitrogens with one attached hydrogen (secondary N) is 1. The molecular formula is C10H15NO. The van der Waals surface area contributed by atoms with Crippen LogP contribution >= 0.6 is 0 Å². The molecule has 2 bridgehead atoms. The number of Topliss-reactive ketones (excluding diaryl/α,β-unsaturated/α-hetero) is 1. The van der Waals surface area contributed by atoms with Gasteiger partial charge >= 0.3 is 0 Å². The summed E-state index contributed by atoms with van der Waals surface area (Å²) in [6, 6.07) is 1.04. The maximum atomic E-state index is 11.2. The van der Waals surface area contributed by atoms with Gasteiger partial charge in [-0.2, -0.15) is 0 Å². The van der Waals surface area contributed by atoms with E-state index in [4.69, 9.17) is 0 Å². The van der Waals surface area contributed by atoms with E-state index in [0.717, 1.165) is 18.4 Å². The highest BCUT2D eigenvalue weighted by Crippen LogP contribution is 2.26. The van der Waals surface area contributed by atoms with E-state index in [0.29, 0.717) is 12.1 Å². The maximum Gasteiger partial charge on any atom is 0.157 e. The zero-order valence-corrected chi connectivity index (χ0v) is 7.47. The summed E-state index contributed by atoms with van der Waals surface area (Å²) in [5.41, 5.74) is 1.02. The third kappa shape index (κ3) is 1.31. The molecular weight excluding hydrogens is 150 g/mol. The molecule has 2 heterocycles. The highest BCUT2D eigenvalue weighted by atomic mass is 16.1. The Morgan fingerprint density at radius 3 is 3.08 bits per heavy atom. The topological polar surface area (TPSA) is 29.1 Å². The minimum Gasteiger partial charge on any atom is -0.307 e. The van der Waals surface area contributed by atoms with E-state index >= 15 is 0 Å². The SMILES string of the molecule is CC(=O)C1=CCCC2CC[C@H]1N2. The molecule has 0 radical (unpaired) electrons. The average molecular weight is 165 g/mol. The first kappa shape index (κ1) is 7.99. The van der Waals surface area contributed by atoms with Crippen LogP contribution in [0.3, 0.4) is 0 Å². The van der Waals surface area contributed by atoms with Gasteiger partial charge in [0.05, 0.1) is 0 Å². The Labute approximate surface area is 73.0 Å². The van der Waals surface area contributed by atoms with Crippen LogP contribution in [-0.4, -0.2) is 17.9 Å². The van der Waals surface area contributed by atoms with Crippen molar-refractivity contribution in [3.8, 4) is 0 Å². The molecule has 0 saturated carbocycles. The largest absolute Gasteiger partial charge is 0.307 e. The van der Waals surface area contributed by atoms with Crippen molar-refractivity contribution in [2.45, 2.75) is 44.7 Å². The first-order chi connectivity index (χ1) is 5.77. The van der Waals surface area contributed by atoms with E-state index in [2.05, 4.69) is 11.4 Å². The number of rotatable bonds is 1. The van der Waals surface area contributed by atoms with Crippen molar-refractivity contribution < 1.29 is 4.79 Å². The highest BCUT2D eigenvalue weighted by molar-refractivity contribution is 5.94. The van der Waals surface area contributed by atoms with Crippen LogP contribution < -0.4 is 5.32 Å². The van der Waals surface area contributed by atoms with Gasteiger partial charge in [0.2, 0.25) is 0 Å². The Kier molecular flexibility index (Phi) is 2.01. The van der Waals surface area contributed by atoms with Crippen LogP contribution in [0, 0.1) is 0 Å². The zero-order valence-electron chi connectivity index (χ0n) is 7.47. The van der Waals surface area contributed by atoms with E-state index in [1.54, 1.807) is 6.92 Å². The minimum absolute atomic E-state index is 0.245. The van der Waals surface area contributed by atoms with Crippen LogP contribution in [0.1, 0.15) is 32.6 Å².